The highest BCUT2D eigenvalue weighted by Gasteiger charge is 2.29. The Morgan fingerprint density at radius 3 is 2.47 bits per heavy atom. The Bertz CT molecular complexity index is 380. The molecule has 3 nitrogen and oxygen atoms in total. The minimum Gasteiger partial charge on any atom is -0.314 e. The van der Waals surface area contributed by atoms with E-state index < -0.39 is 9.84 Å². The molecule has 0 aromatic heterocycles. The van der Waals surface area contributed by atoms with Gasteiger partial charge >= 0.3 is 0 Å². The van der Waals surface area contributed by atoms with E-state index in [1.165, 1.54) is 31.9 Å². The van der Waals surface area contributed by atoms with Crippen molar-refractivity contribution in [2.45, 2.75) is 69.6 Å². The molecule has 19 heavy (non-hydrogen) atoms. The second kappa shape index (κ2) is 6.57. The van der Waals surface area contributed by atoms with Gasteiger partial charge in [0.15, 0.2) is 0 Å². The van der Waals surface area contributed by atoms with Crippen LogP contribution < -0.4 is 5.32 Å². The van der Waals surface area contributed by atoms with Gasteiger partial charge in [-0.2, -0.15) is 0 Å². The molecule has 0 amide bonds. The maximum atomic E-state index is 11.7. The highest BCUT2D eigenvalue weighted by molar-refractivity contribution is 7.91. The van der Waals surface area contributed by atoms with Gasteiger partial charge < -0.3 is 5.32 Å². The third-order valence-electron chi connectivity index (χ3n) is 5.19. The SMILES string of the molecule is CC1CCCCC1CNC1CCCC(S(C)(=O)=O)C1. The summed E-state index contributed by atoms with van der Waals surface area (Å²) in [5.41, 5.74) is 0. The van der Waals surface area contributed by atoms with E-state index in [0.29, 0.717) is 6.04 Å². The van der Waals surface area contributed by atoms with Gasteiger partial charge in [-0.15, -0.1) is 0 Å². The summed E-state index contributed by atoms with van der Waals surface area (Å²) in [6, 6.07) is 0.419. The molecule has 2 saturated carbocycles. The van der Waals surface area contributed by atoms with Crippen LogP contribution in [0.3, 0.4) is 0 Å². The van der Waals surface area contributed by atoms with Crippen molar-refractivity contribution in [1.29, 1.82) is 0 Å². The van der Waals surface area contributed by atoms with Crippen LogP contribution in [0.15, 0.2) is 0 Å². The van der Waals surface area contributed by atoms with Gasteiger partial charge in [-0.05, 0) is 44.1 Å². The molecular weight excluding hydrogens is 258 g/mol. The summed E-state index contributed by atoms with van der Waals surface area (Å²) in [5, 5.41) is 3.55. The number of hydrogen-bond donors (Lipinski definition) is 1. The fraction of sp³-hybridized carbons (Fsp3) is 1.00. The van der Waals surface area contributed by atoms with Crippen molar-refractivity contribution in [2.75, 3.05) is 12.8 Å². The second-order valence-electron chi connectivity index (χ2n) is 6.75. The average Bonchev–Trinajstić information content (AvgIpc) is 2.37. The Morgan fingerprint density at radius 2 is 1.79 bits per heavy atom. The molecule has 0 radical (unpaired) electrons. The highest BCUT2D eigenvalue weighted by atomic mass is 32.2. The van der Waals surface area contributed by atoms with Crippen molar-refractivity contribution in [1.82, 2.24) is 5.32 Å². The fourth-order valence-electron chi connectivity index (χ4n) is 3.73. The summed E-state index contributed by atoms with van der Waals surface area (Å²) in [6.07, 6.45) is 10.7. The summed E-state index contributed by atoms with van der Waals surface area (Å²) >= 11 is 0. The van der Waals surface area contributed by atoms with Crippen LogP contribution in [0.1, 0.15) is 58.3 Å². The Hall–Kier alpha value is -0.0900. The lowest BCUT2D eigenvalue weighted by Crippen LogP contribution is -2.42. The Labute approximate surface area is 118 Å². The Balaban J connectivity index is 1.79. The number of nitrogens with one attached hydrogen (secondary N) is 1. The molecule has 0 aromatic carbocycles. The summed E-state index contributed by atoms with van der Waals surface area (Å²) in [5.74, 6) is 1.63. The number of sulfone groups is 1. The van der Waals surface area contributed by atoms with Crippen LogP contribution in [0.4, 0.5) is 0 Å². The Kier molecular flexibility index (Phi) is 5.29. The van der Waals surface area contributed by atoms with Gasteiger partial charge in [0.25, 0.3) is 0 Å². The topological polar surface area (TPSA) is 46.2 Å². The van der Waals surface area contributed by atoms with E-state index in [0.717, 1.165) is 44.1 Å². The maximum absolute atomic E-state index is 11.7. The van der Waals surface area contributed by atoms with Gasteiger partial charge in [0.2, 0.25) is 0 Å². The molecule has 1 N–H and O–H groups in total. The summed E-state index contributed by atoms with van der Waals surface area (Å²) < 4.78 is 23.3. The average molecular weight is 287 g/mol. The van der Waals surface area contributed by atoms with Crippen molar-refractivity contribution < 1.29 is 8.42 Å². The first-order valence-corrected chi connectivity index (χ1v) is 9.84. The minimum absolute atomic E-state index is 0.109. The molecule has 0 bridgehead atoms. The summed E-state index contributed by atoms with van der Waals surface area (Å²) in [6.45, 7) is 3.45. The molecule has 0 heterocycles. The largest absolute Gasteiger partial charge is 0.314 e. The summed E-state index contributed by atoms with van der Waals surface area (Å²) in [4.78, 5) is 0. The molecule has 0 aromatic rings. The molecule has 2 rings (SSSR count). The van der Waals surface area contributed by atoms with E-state index >= 15 is 0 Å². The van der Waals surface area contributed by atoms with Crippen LogP contribution in [0.5, 0.6) is 0 Å². The lowest BCUT2D eigenvalue weighted by atomic mass is 9.80. The second-order valence-corrected chi connectivity index (χ2v) is 9.07. The third-order valence-corrected chi connectivity index (χ3v) is 6.83. The third kappa shape index (κ3) is 4.45. The zero-order chi connectivity index (χ0) is 13.9. The van der Waals surface area contributed by atoms with Gasteiger partial charge in [0, 0.05) is 12.3 Å². The van der Waals surface area contributed by atoms with Gasteiger partial charge in [0.1, 0.15) is 9.84 Å². The minimum atomic E-state index is -2.85. The lowest BCUT2D eigenvalue weighted by molar-refractivity contribution is 0.232. The first-order chi connectivity index (χ1) is 8.97. The molecule has 2 fully saturated rings. The van der Waals surface area contributed by atoms with Crippen molar-refractivity contribution in [3.63, 3.8) is 0 Å². The number of hydrogen-bond acceptors (Lipinski definition) is 3. The van der Waals surface area contributed by atoms with Crippen molar-refractivity contribution >= 4 is 9.84 Å². The smallest absolute Gasteiger partial charge is 0.150 e. The van der Waals surface area contributed by atoms with E-state index in [1.54, 1.807) is 0 Å². The van der Waals surface area contributed by atoms with E-state index in [1.807, 2.05) is 0 Å². The number of rotatable bonds is 4. The van der Waals surface area contributed by atoms with Crippen LogP contribution in [0, 0.1) is 11.8 Å². The van der Waals surface area contributed by atoms with Crippen molar-refractivity contribution in [2.24, 2.45) is 11.8 Å². The van der Waals surface area contributed by atoms with E-state index in [9.17, 15) is 8.42 Å². The molecule has 2 aliphatic carbocycles. The Morgan fingerprint density at radius 1 is 1.05 bits per heavy atom. The molecule has 4 heteroatoms. The van der Waals surface area contributed by atoms with Gasteiger partial charge in [-0.3, -0.25) is 0 Å². The van der Waals surface area contributed by atoms with E-state index in [-0.39, 0.29) is 5.25 Å². The van der Waals surface area contributed by atoms with Crippen LogP contribution in [0.2, 0.25) is 0 Å². The highest BCUT2D eigenvalue weighted by Crippen LogP contribution is 2.30. The van der Waals surface area contributed by atoms with Crippen LogP contribution in [-0.2, 0) is 9.84 Å². The van der Waals surface area contributed by atoms with Gasteiger partial charge in [0.05, 0.1) is 5.25 Å². The zero-order valence-electron chi connectivity index (χ0n) is 12.4. The lowest BCUT2D eigenvalue weighted by Gasteiger charge is -2.33. The molecule has 0 aliphatic heterocycles. The normalized spacial score (nSPS) is 37.2. The maximum Gasteiger partial charge on any atom is 0.150 e. The van der Waals surface area contributed by atoms with Gasteiger partial charge in [-0.25, -0.2) is 8.42 Å². The monoisotopic (exact) mass is 287 g/mol. The fourth-order valence-corrected chi connectivity index (χ4v) is 4.91. The molecule has 112 valence electrons. The van der Waals surface area contributed by atoms with E-state index in [4.69, 9.17) is 0 Å². The first-order valence-electron chi connectivity index (χ1n) is 7.89. The molecule has 4 unspecified atom stereocenters. The van der Waals surface area contributed by atoms with Crippen LogP contribution in [0.25, 0.3) is 0 Å². The summed E-state index contributed by atoms with van der Waals surface area (Å²) in [7, 11) is -2.85. The first kappa shape index (κ1) is 15.3. The van der Waals surface area contributed by atoms with E-state index in [2.05, 4.69) is 12.2 Å². The molecule has 0 saturated heterocycles. The van der Waals surface area contributed by atoms with Crippen molar-refractivity contribution in [3.8, 4) is 0 Å². The predicted octanol–water partition coefficient (Wildman–Crippen LogP) is 2.76. The van der Waals surface area contributed by atoms with Crippen molar-refractivity contribution in [3.05, 3.63) is 0 Å². The quantitative estimate of drug-likeness (QED) is 0.865. The predicted molar refractivity (Wildman–Crippen MR) is 80.0 cm³/mol. The standard InChI is InChI=1S/C15H29NO2S/c1-12-6-3-4-7-13(12)11-16-14-8-5-9-15(10-14)19(2,17)18/h12-16H,3-11H2,1-2H3. The molecular formula is C15H29NO2S. The molecule has 0 spiro atoms. The van der Waals surface area contributed by atoms with Crippen LogP contribution >= 0.6 is 0 Å². The molecule has 4 atom stereocenters. The zero-order valence-corrected chi connectivity index (χ0v) is 13.2. The molecule has 2 aliphatic rings. The van der Waals surface area contributed by atoms with Gasteiger partial charge in [-0.1, -0.05) is 32.6 Å². The van der Waals surface area contributed by atoms with Crippen LogP contribution in [-0.4, -0.2) is 32.5 Å².